The summed E-state index contributed by atoms with van der Waals surface area (Å²) in [6.07, 6.45) is 7.42. The van der Waals surface area contributed by atoms with Gasteiger partial charge >= 0.3 is 208 Å². The van der Waals surface area contributed by atoms with Gasteiger partial charge in [-0.05, 0) is 0 Å². The fourth-order valence-electron chi connectivity index (χ4n) is 5.24. The molecule has 0 fully saturated rings. The predicted octanol–water partition coefficient (Wildman–Crippen LogP) is 2.52. The Hall–Kier alpha value is -1.09. The Morgan fingerprint density at radius 3 is 2.27 bits per heavy atom. The van der Waals surface area contributed by atoms with Crippen LogP contribution in [0.1, 0.15) is 35.1 Å². The van der Waals surface area contributed by atoms with E-state index >= 15 is 0 Å². The molecule has 0 amide bonds. The molecule has 8 bridgehead atoms. The van der Waals surface area contributed by atoms with E-state index in [9.17, 15) is 0 Å². The summed E-state index contributed by atoms with van der Waals surface area (Å²) in [5.74, 6) is 0. The molecule has 3 aliphatic rings. The third-order valence-corrected chi connectivity index (χ3v) is 13.0. The van der Waals surface area contributed by atoms with E-state index in [1.807, 2.05) is 11.8 Å². The molecule has 2 atom stereocenters. The third-order valence-electron chi connectivity index (χ3n) is 6.66. The molecule has 0 saturated carbocycles. The number of allylic oxidation sites excluding steroid dienone is 2. The number of fused-ring (bicyclic) bond motifs is 1. The molecular weight excluding hydrogens is 610 g/mol. The van der Waals surface area contributed by atoms with Crippen LogP contribution in [0.15, 0.2) is 93.1 Å². The van der Waals surface area contributed by atoms with Gasteiger partial charge in [-0.3, -0.25) is 0 Å². The summed E-state index contributed by atoms with van der Waals surface area (Å²) in [6.45, 7) is 0. The van der Waals surface area contributed by atoms with Crippen LogP contribution in [0.5, 0.6) is 0 Å². The average Bonchev–Trinajstić information content (AvgIpc) is 3.36. The van der Waals surface area contributed by atoms with Crippen molar-refractivity contribution < 1.29 is 48.0 Å². The van der Waals surface area contributed by atoms with Crippen LogP contribution in [0, 0.1) is 0 Å². The van der Waals surface area contributed by atoms with Crippen LogP contribution in [-0.2, 0) is 23.2 Å². The van der Waals surface area contributed by atoms with Crippen LogP contribution in [0.25, 0.3) is 28.5 Å². The molecule has 160 valence electrons. The van der Waals surface area contributed by atoms with Crippen LogP contribution in [0.4, 0.5) is 0 Å². The van der Waals surface area contributed by atoms with Crippen LogP contribution >= 0.6 is 27.7 Å². The summed E-state index contributed by atoms with van der Waals surface area (Å²) in [5, 5.41) is 2.65. The van der Waals surface area contributed by atoms with E-state index in [0.29, 0.717) is 7.25 Å². The number of rotatable bonds is 1. The normalized spacial score (nSPS) is 18.5. The Balaban J connectivity index is 0.00000114. The first-order valence-electron chi connectivity index (χ1n) is 10.5. The fraction of sp³-hybridized carbons (Fsp3) is 0.0714. The Labute approximate surface area is 230 Å². The van der Waals surface area contributed by atoms with E-state index in [1.165, 1.54) is 47.3 Å². The number of benzene rings is 4. The monoisotopic (exact) mass is 624 g/mol. The van der Waals surface area contributed by atoms with Crippen molar-refractivity contribution in [1.82, 2.24) is 0 Å². The smallest absolute Gasteiger partial charge is 1.00 e. The zero-order valence-electron chi connectivity index (χ0n) is 17.4. The maximum atomic E-state index is 3.77. The van der Waals surface area contributed by atoms with E-state index in [1.54, 1.807) is 11.1 Å². The van der Waals surface area contributed by atoms with Crippen molar-refractivity contribution in [2.24, 2.45) is 0 Å². The van der Waals surface area contributed by atoms with Crippen molar-refractivity contribution in [1.29, 1.82) is 0 Å². The molecule has 2 aliphatic carbocycles. The van der Waals surface area contributed by atoms with Gasteiger partial charge in [0.2, 0.25) is 0 Å². The molecule has 1 aliphatic heterocycles. The van der Waals surface area contributed by atoms with E-state index in [4.69, 9.17) is 0 Å². The number of hydrogen-bond acceptors (Lipinski definition) is 1. The van der Waals surface area contributed by atoms with E-state index < -0.39 is 23.2 Å². The minimum Gasteiger partial charge on any atom is -1.00 e. The Morgan fingerprint density at radius 2 is 1.42 bits per heavy atom. The molecular formula is C28H17BrCl2SZr. The largest absolute Gasteiger partial charge is 1.00 e. The van der Waals surface area contributed by atoms with Crippen molar-refractivity contribution in [3.63, 3.8) is 0 Å². The Kier molecular flexibility index (Phi) is 6.57. The topological polar surface area (TPSA) is 0 Å². The zero-order valence-corrected chi connectivity index (χ0v) is 23.7. The van der Waals surface area contributed by atoms with Gasteiger partial charge in [0.25, 0.3) is 0 Å². The van der Waals surface area contributed by atoms with Gasteiger partial charge in [0, 0.05) is 0 Å². The molecule has 0 spiro atoms. The summed E-state index contributed by atoms with van der Waals surface area (Å²) in [6, 6.07) is 27.3. The van der Waals surface area contributed by atoms with Gasteiger partial charge in [-0.15, -0.1) is 0 Å². The van der Waals surface area contributed by atoms with Crippen molar-refractivity contribution >= 4 is 56.2 Å². The minimum absolute atomic E-state index is 0. The standard InChI is InChI=1S/C28H17BrS.2ClH.Zr/c29-26-13-5-11-23-21(9-4-12-24(23)26)20-16-19-8-3-15-28(25(19)17-20)30-27-14-2-7-18-6-1-10-22(18)27;;;/h1-17H;2*1H;/q;;;+2/p-2. The van der Waals surface area contributed by atoms with Gasteiger partial charge in [-0.1, -0.05) is 0 Å². The summed E-state index contributed by atoms with van der Waals surface area (Å²) in [5.41, 5.74) is 8.99. The van der Waals surface area contributed by atoms with Crippen LogP contribution in [0.2, 0.25) is 0 Å². The molecule has 0 radical (unpaired) electrons. The third kappa shape index (κ3) is 3.67. The van der Waals surface area contributed by atoms with E-state index in [0.717, 1.165) is 0 Å². The van der Waals surface area contributed by atoms with E-state index in [-0.39, 0.29) is 24.8 Å². The summed E-state index contributed by atoms with van der Waals surface area (Å²) >= 11 is 4.87. The van der Waals surface area contributed by atoms with Crippen molar-refractivity contribution in [3.8, 4) is 0 Å². The second-order valence-electron chi connectivity index (χ2n) is 8.30. The molecule has 7 rings (SSSR count). The summed E-state index contributed by atoms with van der Waals surface area (Å²) in [7, 11) is 0. The Morgan fingerprint density at radius 1 is 0.727 bits per heavy atom. The molecule has 1 heterocycles. The maximum Gasteiger partial charge on any atom is -1.00 e. The number of halogens is 3. The molecule has 5 heteroatoms. The van der Waals surface area contributed by atoms with Gasteiger partial charge in [0.1, 0.15) is 0 Å². The first-order valence-corrected chi connectivity index (χ1v) is 15.0. The number of hydrogen-bond donors (Lipinski definition) is 0. The fourth-order valence-corrected chi connectivity index (χ4v) is 11.4. The molecule has 0 nitrogen and oxygen atoms in total. The minimum atomic E-state index is -0.844. The van der Waals surface area contributed by atoms with Gasteiger partial charge in [0.15, 0.2) is 0 Å². The molecule has 4 aromatic rings. The Bertz CT molecular complexity index is 1480. The zero-order chi connectivity index (χ0) is 20.5. The molecule has 33 heavy (non-hydrogen) atoms. The van der Waals surface area contributed by atoms with Crippen molar-refractivity contribution in [3.05, 3.63) is 111 Å². The van der Waals surface area contributed by atoms with Crippen molar-refractivity contribution in [2.45, 2.75) is 17.0 Å². The molecule has 0 N–H and O–H groups in total. The quantitative estimate of drug-likeness (QED) is 0.313. The molecule has 2 unspecified atom stereocenters. The first kappa shape index (κ1) is 23.6. The van der Waals surface area contributed by atoms with Gasteiger partial charge < -0.3 is 24.8 Å². The first-order chi connectivity index (χ1) is 15.3. The summed E-state index contributed by atoms with van der Waals surface area (Å²) in [4.78, 5) is 2.80. The van der Waals surface area contributed by atoms with Crippen LogP contribution in [0.3, 0.4) is 0 Å². The predicted molar refractivity (Wildman–Crippen MR) is 131 cm³/mol. The van der Waals surface area contributed by atoms with Gasteiger partial charge in [-0.25, -0.2) is 0 Å². The molecule has 4 aromatic carbocycles. The van der Waals surface area contributed by atoms with Crippen LogP contribution < -0.4 is 24.8 Å². The van der Waals surface area contributed by atoms with Crippen molar-refractivity contribution in [2.75, 3.05) is 0 Å². The van der Waals surface area contributed by atoms with E-state index in [2.05, 4.69) is 107 Å². The van der Waals surface area contributed by atoms with Crippen LogP contribution in [-0.4, -0.2) is 0 Å². The second-order valence-corrected chi connectivity index (χ2v) is 14.0. The summed E-state index contributed by atoms with van der Waals surface area (Å²) < 4.78 is 2.39. The SMILES string of the molecule is Brc1cccc2c(C3=Cc4c5cccc4[CH]3[Zr+2][CH]3C=Cc4c(cccc43)S5)cccc12.[Cl-].[Cl-]. The van der Waals surface area contributed by atoms with Gasteiger partial charge in [-0.2, -0.15) is 0 Å². The average molecular weight is 628 g/mol. The molecule has 0 saturated heterocycles. The maximum absolute atomic E-state index is 3.77. The van der Waals surface area contributed by atoms with Gasteiger partial charge in [0.05, 0.1) is 0 Å². The molecule has 0 aromatic heterocycles. The second kappa shape index (κ2) is 9.17.